The van der Waals surface area contributed by atoms with E-state index in [0.29, 0.717) is 11.1 Å². The Kier molecular flexibility index (Phi) is 5.02. The molecule has 0 heterocycles. The van der Waals surface area contributed by atoms with E-state index in [4.69, 9.17) is 0 Å². The molecule has 0 aliphatic rings. The molecular weight excluding hydrogens is 354 g/mol. The highest BCUT2D eigenvalue weighted by atomic mass is 19.2. The largest absolute Gasteiger partial charge is 0.204 e. The standard InChI is InChI=1S/C20H12F6/c21-15-7-5-13(17(23)19(15)25)9-11-3-1-2-4-12(11)10-14-6-8-16(22)20(26)18(14)24/h1-8H,9-10H2. The third-order valence-corrected chi connectivity index (χ3v) is 4.11. The lowest BCUT2D eigenvalue weighted by atomic mass is 9.94. The van der Waals surface area contributed by atoms with Gasteiger partial charge in [-0.05, 0) is 34.4 Å². The maximum atomic E-state index is 13.9. The van der Waals surface area contributed by atoms with Gasteiger partial charge in [-0.1, -0.05) is 36.4 Å². The van der Waals surface area contributed by atoms with Crippen LogP contribution in [0.4, 0.5) is 26.3 Å². The molecule has 0 fully saturated rings. The van der Waals surface area contributed by atoms with Crippen LogP contribution in [0.3, 0.4) is 0 Å². The summed E-state index contributed by atoms with van der Waals surface area (Å²) in [5, 5.41) is 0. The van der Waals surface area contributed by atoms with Gasteiger partial charge in [-0.25, -0.2) is 26.3 Å². The lowest BCUT2D eigenvalue weighted by Crippen LogP contribution is -2.04. The average molecular weight is 366 g/mol. The van der Waals surface area contributed by atoms with Gasteiger partial charge in [-0.2, -0.15) is 0 Å². The Bertz CT molecular complexity index is 886. The van der Waals surface area contributed by atoms with Gasteiger partial charge in [0.05, 0.1) is 0 Å². The summed E-state index contributed by atoms with van der Waals surface area (Å²) in [6.45, 7) is 0. The van der Waals surface area contributed by atoms with Crippen molar-refractivity contribution >= 4 is 0 Å². The normalized spacial score (nSPS) is 11.0. The molecule has 0 saturated heterocycles. The molecule has 0 saturated carbocycles. The number of hydrogen-bond donors (Lipinski definition) is 0. The molecule has 0 spiro atoms. The highest BCUT2D eigenvalue weighted by Gasteiger charge is 2.17. The van der Waals surface area contributed by atoms with Crippen molar-refractivity contribution in [2.24, 2.45) is 0 Å². The number of halogens is 6. The molecule has 0 bridgehead atoms. The molecule has 0 N–H and O–H groups in total. The van der Waals surface area contributed by atoms with Crippen molar-refractivity contribution in [3.63, 3.8) is 0 Å². The van der Waals surface area contributed by atoms with E-state index in [1.807, 2.05) is 0 Å². The lowest BCUT2D eigenvalue weighted by molar-refractivity contribution is 0.441. The molecule has 0 aromatic heterocycles. The van der Waals surface area contributed by atoms with Crippen LogP contribution >= 0.6 is 0 Å². The van der Waals surface area contributed by atoms with Gasteiger partial charge >= 0.3 is 0 Å². The van der Waals surface area contributed by atoms with Gasteiger partial charge < -0.3 is 0 Å². The van der Waals surface area contributed by atoms with Gasteiger partial charge in [-0.15, -0.1) is 0 Å². The van der Waals surface area contributed by atoms with Crippen LogP contribution in [0.25, 0.3) is 0 Å². The predicted molar refractivity (Wildman–Crippen MR) is 84.7 cm³/mol. The highest BCUT2D eigenvalue weighted by Crippen LogP contribution is 2.24. The van der Waals surface area contributed by atoms with Crippen LogP contribution in [0.5, 0.6) is 0 Å². The Morgan fingerprint density at radius 3 is 1.19 bits per heavy atom. The smallest absolute Gasteiger partial charge is 0.194 e. The zero-order chi connectivity index (χ0) is 18.8. The van der Waals surface area contributed by atoms with Crippen LogP contribution in [0.1, 0.15) is 22.3 Å². The van der Waals surface area contributed by atoms with Crippen molar-refractivity contribution < 1.29 is 26.3 Å². The van der Waals surface area contributed by atoms with Crippen molar-refractivity contribution in [3.8, 4) is 0 Å². The second kappa shape index (κ2) is 7.23. The van der Waals surface area contributed by atoms with Crippen LogP contribution in [0.2, 0.25) is 0 Å². The number of rotatable bonds is 4. The molecule has 3 aromatic rings. The fourth-order valence-corrected chi connectivity index (χ4v) is 2.72. The first kappa shape index (κ1) is 18.0. The lowest BCUT2D eigenvalue weighted by Gasteiger charge is -2.12. The SMILES string of the molecule is Fc1ccc(Cc2ccccc2Cc2ccc(F)c(F)c2F)c(F)c1F. The van der Waals surface area contributed by atoms with Gasteiger partial charge in [0.15, 0.2) is 34.9 Å². The minimum absolute atomic E-state index is 0.0650. The third kappa shape index (κ3) is 3.45. The summed E-state index contributed by atoms with van der Waals surface area (Å²) < 4.78 is 80.7. The fourth-order valence-electron chi connectivity index (χ4n) is 2.72. The summed E-state index contributed by atoms with van der Waals surface area (Å²) in [6, 6.07) is 10.4. The molecule has 0 aliphatic carbocycles. The monoisotopic (exact) mass is 366 g/mol. The first-order valence-electron chi connectivity index (χ1n) is 7.70. The number of benzene rings is 3. The minimum Gasteiger partial charge on any atom is -0.204 e. The second-order valence-corrected chi connectivity index (χ2v) is 5.79. The van der Waals surface area contributed by atoms with Crippen molar-refractivity contribution in [1.29, 1.82) is 0 Å². The minimum atomic E-state index is -1.56. The van der Waals surface area contributed by atoms with Crippen LogP contribution in [0, 0.1) is 34.9 Å². The van der Waals surface area contributed by atoms with E-state index in [2.05, 4.69) is 0 Å². The molecule has 3 aromatic carbocycles. The van der Waals surface area contributed by atoms with Crippen molar-refractivity contribution in [3.05, 3.63) is 106 Å². The first-order valence-corrected chi connectivity index (χ1v) is 7.70. The van der Waals surface area contributed by atoms with E-state index >= 15 is 0 Å². The Morgan fingerprint density at radius 2 is 0.808 bits per heavy atom. The third-order valence-electron chi connectivity index (χ3n) is 4.11. The molecule has 6 heteroatoms. The molecule has 0 radical (unpaired) electrons. The molecule has 3 rings (SSSR count). The van der Waals surface area contributed by atoms with Crippen LogP contribution < -0.4 is 0 Å². The van der Waals surface area contributed by atoms with Crippen molar-refractivity contribution in [1.82, 2.24) is 0 Å². The number of hydrogen-bond acceptors (Lipinski definition) is 0. The van der Waals surface area contributed by atoms with E-state index < -0.39 is 34.9 Å². The predicted octanol–water partition coefficient (Wildman–Crippen LogP) is 5.70. The molecule has 0 amide bonds. The first-order chi connectivity index (χ1) is 12.4. The van der Waals surface area contributed by atoms with E-state index in [1.54, 1.807) is 24.3 Å². The van der Waals surface area contributed by atoms with Crippen LogP contribution in [-0.4, -0.2) is 0 Å². The molecular formula is C20H12F6. The molecule has 134 valence electrons. The Balaban J connectivity index is 1.95. The van der Waals surface area contributed by atoms with Crippen LogP contribution in [-0.2, 0) is 12.8 Å². The molecule has 26 heavy (non-hydrogen) atoms. The summed E-state index contributed by atoms with van der Waals surface area (Å²) in [7, 11) is 0. The fraction of sp³-hybridized carbons (Fsp3) is 0.100. The maximum absolute atomic E-state index is 13.9. The Hall–Kier alpha value is -2.76. The Labute approximate surface area is 145 Å². The molecule has 0 aliphatic heterocycles. The van der Waals surface area contributed by atoms with Crippen LogP contribution in [0.15, 0.2) is 48.5 Å². The van der Waals surface area contributed by atoms with Crippen molar-refractivity contribution in [2.75, 3.05) is 0 Å². The van der Waals surface area contributed by atoms with E-state index in [-0.39, 0.29) is 24.0 Å². The summed E-state index contributed by atoms with van der Waals surface area (Å²) in [5.41, 5.74) is 0.923. The second-order valence-electron chi connectivity index (χ2n) is 5.79. The summed E-state index contributed by atoms with van der Waals surface area (Å²) in [4.78, 5) is 0. The summed E-state index contributed by atoms with van der Waals surface area (Å²) in [5.74, 6) is -8.29. The van der Waals surface area contributed by atoms with Gasteiger partial charge in [0, 0.05) is 12.8 Å². The molecule has 0 unspecified atom stereocenters. The van der Waals surface area contributed by atoms with E-state index in [9.17, 15) is 26.3 Å². The van der Waals surface area contributed by atoms with E-state index in [1.165, 1.54) is 0 Å². The van der Waals surface area contributed by atoms with Crippen molar-refractivity contribution in [2.45, 2.75) is 12.8 Å². The van der Waals surface area contributed by atoms with Gasteiger partial charge in [0.1, 0.15) is 0 Å². The van der Waals surface area contributed by atoms with Gasteiger partial charge in [0.25, 0.3) is 0 Å². The van der Waals surface area contributed by atoms with Gasteiger partial charge in [0.2, 0.25) is 0 Å². The highest BCUT2D eigenvalue weighted by molar-refractivity contribution is 5.37. The summed E-state index contributed by atoms with van der Waals surface area (Å²) in [6.07, 6.45) is -0.130. The van der Waals surface area contributed by atoms with Gasteiger partial charge in [-0.3, -0.25) is 0 Å². The maximum Gasteiger partial charge on any atom is 0.194 e. The zero-order valence-corrected chi connectivity index (χ0v) is 13.3. The quantitative estimate of drug-likeness (QED) is 0.410. The Morgan fingerprint density at radius 1 is 0.423 bits per heavy atom. The molecule has 0 atom stereocenters. The zero-order valence-electron chi connectivity index (χ0n) is 13.3. The molecule has 0 nitrogen and oxygen atoms in total. The average Bonchev–Trinajstić information content (AvgIpc) is 2.64. The van der Waals surface area contributed by atoms with E-state index in [0.717, 1.165) is 24.3 Å². The topological polar surface area (TPSA) is 0 Å². The summed E-state index contributed by atoms with van der Waals surface area (Å²) >= 11 is 0.